The number of hydrogen-bond acceptors (Lipinski definition) is 29. The second-order valence-corrected chi connectivity index (χ2v) is 31.8. The van der Waals surface area contributed by atoms with Crippen LogP contribution in [0.1, 0.15) is 138 Å². The number of carbonyl (C=O) groups excluding carboxylic acids is 6. The van der Waals surface area contributed by atoms with Gasteiger partial charge in [0.15, 0.2) is 11.4 Å². The Morgan fingerprint density at radius 3 is 2.02 bits per heavy atom. The second-order valence-electron chi connectivity index (χ2n) is 31.8. The number of ketones is 2. The number of allylic oxidation sites excluding steroid dienone is 5. The minimum atomic E-state index is -2.50. The number of H-pyrrole nitrogens is 1. The minimum absolute atomic E-state index is 0.0153. The summed E-state index contributed by atoms with van der Waals surface area (Å²) in [5, 5.41) is 68.4. The molecule has 2 bridgehead atoms. The molecule has 3 aliphatic heterocycles. The van der Waals surface area contributed by atoms with Gasteiger partial charge in [0.1, 0.15) is 54.0 Å². The molecule has 12 N–H and O–H groups in total. The zero-order valence-electron chi connectivity index (χ0n) is 71.1. The number of benzene rings is 1. The fraction of sp³-hybridized carbons (Fsp3) is 0.686. The Labute approximate surface area is 703 Å². The van der Waals surface area contributed by atoms with Crippen LogP contribution >= 0.6 is 0 Å². The molecule has 3 amide bonds. The van der Waals surface area contributed by atoms with Crippen LogP contribution < -0.4 is 22.1 Å². The van der Waals surface area contributed by atoms with Crippen LogP contribution in [-0.4, -0.2) is 297 Å². The van der Waals surface area contributed by atoms with Crippen LogP contribution in [0, 0.1) is 29.6 Å². The van der Waals surface area contributed by atoms with Gasteiger partial charge >= 0.3 is 12.1 Å². The molecular weight excluding hydrogens is 1560 g/mol. The molecule has 16 atom stereocenters. The van der Waals surface area contributed by atoms with Crippen molar-refractivity contribution in [3.05, 3.63) is 78.2 Å². The Bertz CT molecular complexity index is 3950. The maximum atomic E-state index is 14.7. The predicted octanol–water partition coefficient (Wildman–Crippen LogP) is 6.44. The Morgan fingerprint density at radius 2 is 1.37 bits per heavy atom. The molecule has 4 aromatic rings. The van der Waals surface area contributed by atoms with Crippen LogP contribution in [0.3, 0.4) is 0 Å². The predicted molar refractivity (Wildman–Crippen MR) is 445 cm³/mol. The first kappa shape index (κ1) is 97.7. The van der Waals surface area contributed by atoms with Gasteiger partial charge in [0, 0.05) is 94.4 Å². The molecule has 4 aliphatic rings. The number of piperidine rings is 1. The first-order chi connectivity index (χ1) is 57.8. The zero-order valence-corrected chi connectivity index (χ0v) is 71.1. The van der Waals surface area contributed by atoms with Crippen molar-refractivity contribution in [1.82, 2.24) is 40.3 Å². The molecule has 1 saturated carbocycles. The number of Topliss-reactive ketones (excluding diaryl/α,β-unsaturated/α-hetero) is 2. The Balaban J connectivity index is 0.648. The lowest BCUT2D eigenvalue weighted by atomic mass is 9.80. The lowest BCUT2D eigenvalue weighted by Crippen LogP contribution is -2.61. The van der Waals surface area contributed by atoms with E-state index in [0.29, 0.717) is 173 Å². The quantitative estimate of drug-likeness (QED) is 0.00994. The number of phenolic OH excluding ortho intramolecular Hbond substituents is 1. The van der Waals surface area contributed by atoms with Crippen LogP contribution in [0.5, 0.6) is 5.75 Å². The number of aliphatic hydroxyl groups is 4. The number of amides is 3. The number of carbonyl (C=O) groups is 6. The number of aromatic hydroxyl groups is 1. The number of alkyl carbamates (subject to hydrolysis) is 1. The van der Waals surface area contributed by atoms with Crippen molar-refractivity contribution in [2.45, 2.75) is 211 Å². The first-order valence-electron chi connectivity index (χ1n) is 42.5. The highest BCUT2D eigenvalue weighted by Crippen LogP contribution is 2.39. The highest BCUT2D eigenvalue weighted by atomic mass is 16.6. The maximum Gasteiger partial charge on any atom is 0.407 e. The van der Waals surface area contributed by atoms with Crippen molar-refractivity contribution >= 4 is 63.2 Å². The molecule has 3 fully saturated rings. The number of aryl methyl sites for hydroxylation is 1. The van der Waals surface area contributed by atoms with Gasteiger partial charge in [-0.3, -0.25) is 19.2 Å². The number of methoxy groups -OCH3 is 2. The number of phenols is 1. The lowest BCUT2D eigenvalue weighted by Gasteiger charge is -2.42. The third kappa shape index (κ3) is 30.6. The van der Waals surface area contributed by atoms with Crippen molar-refractivity contribution in [3.63, 3.8) is 0 Å². The number of aromatic nitrogens is 5. The number of nitrogens with two attached hydrogens (primary N) is 2. The van der Waals surface area contributed by atoms with Gasteiger partial charge in [0.2, 0.25) is 11.7 Å². The number of nitrogen functional groups attached to an aromatic ring is 1. The fourth-order valence-corrected chi connectivity index (χ4v) is 15.5. The van der Waals surface area contributed by atoms with E-state index in [4.69, 9.17) is 78.1 Å². The number of anilines is 1. The van der Waals surface area contributed by atoms with Gasteiger partial charge in [-0.1, -0.05) is 64.2 Å². The van der Waals surface area contributed by atoms with Crippen molar-refractivity contribution in [3.8, 4) is 17.1 Å². The summed E-state index contributed by atoms with van der Waals surface area (Å²) in [7, 11) is 3.07. The summed E-state index contributed by atoms with van der Waals surface area (Å²) < 4.78 is 76.5. The van der Waals surface area contributed by atoms with E-state index in [-0.39, 0.29) is 94.1 Å². The van der Waals surface area contributed by atoms with E-state index in [0.717, 1.165) is 39.9 Å². The highest BCUT2D eigenvalue weighted by molar-refractivity contribution is 6.39. The van der Waals surface area contributed by atoms with Gasteiger partial charge < -0.3 is 119 Å². The number of ether oxygens (including phenoxy) is 13. The summed E-state index contributed by atoms with van der Waals surface area (Å²) >= 11 is 0. The number of cyclic esters (lactones) is 1. The second kappa shape index (κ2) is 51.4. The molecule has 8 rings (SSSR count). The summed E-state index contributed by atoms with van der Waals surface area (Å²) in [5.41, 5.74) is 17.2. The zero-order chi connectivity index (χ0) is 86.5. The summed E-state index contributed by atoms with van der Waals surface area (Å²) in [6.07, 6.45) is 9.37. The first-order valence-corrected chi connectivity index (χ1v) is 42.5. The van der Waals surface area contributed by atoms with Crippen molar-refractivity contribution in [2.75, 3.05) is 145 Å². The number of aliphatic hydroxyl groups excluding tert-OH is 3. The van der Waals surface area contributed by atoms with E-state index in [1.54, 1.807) is 63.8 Å². The molecule has 670 valence electrons. The molecule has 34 nitrogen and oxygen atoms in total. The Morgan fingerprint density at radius 1 is 0.708 bits per heavy atom. The molecule has 1 aliphatic carbocycles. The van der Waals surface area contributed by atoms with Gasteiger partial charge in [-0.05, 0) is 138 Å². The number of fused-ring (bicyclic) bond motifs is 5. The third-order valence-corrected chi connectivity index (χ3v) is 22.5. The smallest absolute Gasteiger partial charge is 0.407 e. The topological polar surface area (TPSA) is 462 Å². The van der Waals surface area contributed by atoms with Gasteiger partial charge in [-0.25, -0.2) is 24.2 Å². The van der Waals surface area contributed by atoms with E-state index < -0.39 is 114 Å². The van der Waals surface area contributed by atoms with Crippen LogP contribution in [-0.2, 0) is 92.1 Å². The molecule has 6 heterocycles. The monoisotopic (exact) mass is 1690 g/mol. The number of esters is 1. The van der Waals surface area contributed by atoms with Gasteiger partial charge in [-0.2, -0.15) is 5.10 Å². The number of nitrogens with one attached hydrogen (secondary N) is 3. The van der Waals surface area contributed by atoms with Crippen molar-refractivity contribution < 1.29 is 116 Å². The number of nitrogens with zero attached hydrogens (tertiary/aromatic N) is 5. The molecule has 1 aromatic carbocycles. The average molecular weight is 1690 g/mol. The van der Waals surface area contributed by atoms with Crippen LogP contribution in [0.25, 0.3) is 33.3 Å². The molecule has 0 spiro atoms. The molecular formula is C86H132N10O24. The van der Waals surface area contributed by atoms with Crippen molar-refractivity contribution in [2.24, 2.45) is 35.3 Å². The van der Waals surface area contributed by atoms with Gasteiger partial charge in [-0.15, -0.1) is 0 Å². The van der Waals surface area contributed by atoms with Gasteiger partial charge in [0.25, 0.3) is 11.7 Å². The molecule has 34 heteroatoms. The van der Waals surface area contributed by atoms with E-state index in [9.17, 15) is 54.3 Å². The van der Waals surface area contributed by atoms with E-state index in [2.05, 4.69) is 25.6 Å². The van der Waals surface area contributed by atoms with Crippen LogP contribution in [0.2, 0.25) is 0 Å². The number of rotatable bonds is 39. The van der Waals surface area contributed by atoms with Crippen LogP contribution in [0.4, 0.5) is 10.6 Å². The largest absolute Gasteiger partial charge is 0.508 e. The number of unbranched alkanes of at least 4 members (excludes halogenated alkanes) is 1. The molecule has 0 radical (unpaired) electrons. The van der Waals surface area contributed by atoms with E-state index >= 15 is 0 Å². The maximum absolute atomic E-state index is 14.7. The average Bonchev–Trinajstić information content (AvgIpc) is 1.58. The highest BCUT2D eigenvalue weighted by Gasteiger charge is 2.53. The summed E-state index contributed by atoms with van der Waals surface area (Å²) in [5.74, 6) is -8.10. The normalized spacial score (nSPS) is 27.9. The Hall–Kier alpha value is -7.75. The molecule has 120 heavy (non-hydrogen) atoms. The number of hydrogen-bond donors (Lipinski definition) is 10. The van der Waals surface area contributed by atoms with E-state index in [1.165, 1.54) is 13.4 Å². The van der Waals surface area contributed by atoms with Crippen LogP contribution in [0.15, 0.2) is 78.2 Å². The standard InChI is InChI=1S/C86H132N10O24/c1-55-16-10-9-11-17-56(2)71(108-7)52-64-22-19-60(6)86(107,120-64)80(103)83(104)95-28-14-12-18-68(95)84(105)118-72(53-69(98)57(3)47-59(5)78(101)79(102)77(100)58(4)46-55)65(87)48-61-20-24-70(73(49-61)109-8)119-85(106)90-27-31-111-33-35-113-37-39-115-41-43-117-45-44-116-42-40-114-38-36-112-34-32-110-30-25-74(99)89-26-13-15-29-96-82-75(81(88)91-54-92-82)76(94-96)67-51-62-50-63(97)21-23-66(62)93-67/h9-11,16-17,21,23,47,50-51,54-55,57-58,60-61,64-65,68-73,78-79,93,97-98,101-102,107H,12-15,18-20,22,24-46,48-49,52-53,87H2,1-8H3,(H,89,99)(H,90,106)(H2,88,91,92)/b11-9+,16-10+,56-17+,59-47+/t55-,57-,58-,60-,61+,64+,65-,68+,69-,70-,71+,72+,73-,78-,79+,86-/m1/s1. The summed E-state index contributed by atoms with van der Waals surface area (Å²) in [4.78, 5) is 95.7. The third-order valence-electron chi connectivity index (χ3n) is 22.5. The SMILES string of the molecule is CO[C@H]1C[C@@H]2CC[C@@H](C)[C@@](O)(O2)C(=O)C(=O)N2CCCC[C@H]2C(=O)O[C@H]([C@H](N)C[C@@H]2CC[C@@H](OC(=O)NCCOCCOCCOCCOCCOCCOCCOCCOCCC(=O)NCCCCn3nc(-c4cc5cc(O)ccc5[nH]4)c4c(N)ncnc43)[C@H](OC)C2)C[C@@H](O)[C@H](C)/C=C(\C)[C@@H](O)[C@@H](O)C(=O)[C@H](C)C[C@H](C)/C=C/C=C/C=C/1C. The lowest BCUT2D eigenvalue weighted by molar-refractivity contribution is -0.265. The van der Waals surface area contributed by atoms with E-state index in [1.807, 2.05) is 50.3 Å². The summed E-state index contributed by atoms with van der Waals surface area (Å²) in [6.45, 7) is 17.4. The Kier molecular flexibility index (Phi) is 41.8. The van der Waals surface area contributed by atoms with Gasteiger partial charge in [0.05, 0.1) is 141 Å². The summed E-state index contributed by atoms with van der Waals surface area (Å²) in [6, 6.07) is 4.84. The van der Waals surface area contributed by atoms with Crippen molar-refractivity contribution in [1.29, 1.82) is 0 Å². The minimum Gasteiger partial charge on any atom is -0.508 e. The molecule has 3 aromatic heterocycles. The fourth-order valence-electron chi connectivity index (χ4n) is 15.5. The molecule has 0 unspecified atom stereocenters. The molecule has 2 saturated heterocycles. The number of aromatic amines is 1.